The molecule has 1 heterocycles. The average molecular weight is 277 g/mol. The van der Waals surface area contributed by atoms with Gasteiger partial charge in [0.25, 0.3) is 0 Å². The highest BCUT2D eigenvalue weighted by atomic mass is 32.2. The summed E-state index contributed by atoms with van der Waals surface area (Å²) in [6, 6.07) is 9.86. The van der Waals surface area contributed by atoms with Crippen LogP contribution in [0.25, 0.3) is 0 Å². The van der Waals surface area contributed by atoms with Gasteiger partial charge in [0.15, 0.2) is 5.82 Å². The zero-order valence-electron chi connectivity index (χ0n) is 11.1. The minimum atomic E-state index is -0.236. The Balaban J connectivity index is 1.90. The second-order valence-electron chi connectivity index (χ2n) is 4.40. The Labute approximate surface area is 117 Å². The van der Waals surface area contributed by atoms with Gasteiger partial charge >= 0.3 is 0 Å². The molecule has 2 aromatic rings. The van der Waals surface area contributed by atoms with Crippen molar-refractivity contribution in [3.05, 3.63) is 47.6 Å². The molecule has 5 heteroatoms. The molecule has 1 aromatic heterocycles. The molecule has 0 aliphatic heterocycles. The van der Waals surface area contributed by atoms with Gasteiger partial charge in [-0.05, 0) is 24.2 Å². The molecule has 0 aliphatic rings. The monoisotopic (exact) mass is 277 g/mol. The lowest BCUT2D eigenvalue weighted by Crippen LogP contribution is -2.13. The summed E-state index contributed by atoms with van der Waals surface area (Å²) in [5.74, 6) is 3.16. The summed E-state index contributed by atoms with van der Waals surface area (Å²) in [4.78, 5) is 4.35. The van der Waals surface area contributed by atoms with Gasteiger partial charge in [0, 0.05) is 0 Å². The Bertz CT molecular complexity index is 486. The number of benzene rings is 1. The highest BCUT2D eigenvalue weighted by Crippen LogP contribution is 2.16. The standard InChI is InChI=1S/C14H19N3OS/c1-2-8-19-10-13-16-14(18-17-13)12(15)9-11-6-4-3-5-7-11/h3-7,12H,2,8-10,15H2,1H3/t12-/m1/s1. The van der Waals surface area contributed by atoms with E-state index in [2.05, 4.69) is 17.1 Å². The molecule has 0 spiro atoms. The van der Waals surface area contributed by atoms with Crippen molar-refractivity contribution in [1.82, 2.24) is 10.1 Å². The van der Waals surface area contributed by atoms with Crippen molar-refractivity contribution in [2.75, 3.05) is 5.75 Å². The molecule has 0 saturated heterocycles. The minimum absolute atomic E-state index is 0.236. The number of rotatable bonds is 7. The average Bonchev–Trinajstić information content (AvgIpc) is 2.89. The van der Waals surface area contributed by atoms with E-state index in [1.165, 1.54) is 5.56 Å². The van der Waals surface area contributed by atoms with E-state index >= 15 is 0 Å². The Kier molecular flexibility index (Phi) is 5.42. The summed E-state index contributed by atoms with van der Waals surface area (Å²) in [6.45, 7) is 2.16. The molecule has 102 valence electrons. The minimum Gasteiger partial charge on any atom is -0.338 e. The Morgan fingerprint density at radius 3 is 2.84 bits per heavy atom. The molecular weight excluding hydrogens is 258 g/mol. The molecule has 4 nitrogen and oxygen atoms in total. The molecule has 2 rings (SSSR count). The number of nitrogens with zero attached hydrogens (tertiary/aromatic N) is 2. The summed E-state index contributed by atoms with van der Waals surface area (Å²) in [6.07, 6.45) is 1.87. The van der Waals surface area contributed by atoms with Crippen molar-refractivity contribution >= 4 is 11.8 Å². The molecule has 0 saturated carbocycles. The zero-order chi connectivity index (χ0) is 13.5. The molecule has 1 atom stereocenters. The summed E-state index contributed by atoms with van der Waals surface area (Å²) >= 11 is 1.81. The van der Waals surface area contributed by atoms with Crippen LogP contribution in [0.1, 0.15) is 36.7 Å². The van der Waals surface area contributed by atoms with Gasteiger partial charge in [0.2, 0.25) is 5.89 Å². The topological polar surface area (TPSA) is 64.9 Å². The number of thioether (sulfide) groups is 1. The maximum Gasteiger partial charge on any atom is 0.243 e. The normalized spacial score (nSPS) is 12.5. The van der Waals surface area contributed by atoms with Gasteiger partial charge in [-0.1, -0.05) is 42.4 Å². The molecule has 19 heavy (non-hydrogen) atoms. The van der Waals surface area contributed by atoms with E-state index in [0.717, 1.165) is 23.8 Å². The largest absolute Gasteiger partial charge is 0.338 e. The lowest BCUT2D eigenvalue weighted by Gasteiger charge is -2.05. The number of nitrogens with two attached hydrogens (primary N) is 1. The molecule has 2 N–H and O–H groups in total. The van der Waals surface area contributed by atoms with Crippen LogP contribution in [-0.4, -0.2) is 15.9 Å². The molecule has 1 aromatic carbocycles. The molecule has 0 aliphatic carbocycles. The van der Waals surface area contributed by atoms with E-state index in [0.29, 0.717) is 12.3 Å². The lowest BCUT2D eigenvalue weighted by molar-refractivity contribution is 0.351. The first-order valence-electron chi connectivity index (χ1n) is 6.49. The molecular formula is C14H19N3OS. The summed E-state index contributed by atoms with van der Waals surface area (Å²) in [5.41, 5.74) is 7.27. The zero-order valence-corrected chi connectivity index (χ0v) is 11.9. The molecule has 0 radical (unpaired) electrons. The van der Waals surface area contributed by atoms with Gasteiger partial charge in [-0.25, -0.2) is 0 Å². The highest BCUT2D eigenvalue weighted by Gasteiger charge is 2.15. The predicted octanol–water partition coefficient (Wildman–Crippen LogP) is 2.96. The van der Waals surface area contributed by atoms with Gasteiger partial charge in [0.1, 0.15) is 0 Å². The van der Waals surface area contributed by atoms with Crippen LogP contribution in [0.4, 0.5) is 0 Å². The van der Waals surface area contributed by atoms with Crippen molar-refractivity contribution in [3.8, 4) is 0 Å². The van der Waals surface area contributed by atoms with Crippen molar-refractivity contribution < 1.29 is 4.52 Å². The van der Waals surface area contributed by atoms with E-state index in [4.69, 9.17) is 10.3 Å². The van der Waals surface area contributed by atoms with Crippen molar-refractivity contribution in [2.45, 2.75) is 31.6 Å². The summed E-state index contributed by atoms with van der Waals surface area (Å²) in [7, 11) is 0. The van der Waals surface area contributed by atoms with Gasteiger partial charge < -0.3 is 10.3 Å². The third kappa shape index (κ3) is 4.36. The van der Waals surface area contributed by atoms with E-state index in [-0.39, 0.29) is 6.04 Å². The fourth-order valence-corrected chi connectivity index (χ4v) is 2.47. The van der Waals surface area contributed by atoms with Crippen molar-refractivity contribution in [3.63, 3.8) is 0 Å². The summed E-state index contributed by atoms with van der Waals surface area (Å²) in [5, 5.41) is 3.96. The van der Waals surface area contributed by atoms with Crippen LogP contribution in [-0.2, 0) is 12.2 Å². The Morgan fingerprint density at radius 1 is 1.32 bits per heavy atom. The highest BCUT2D eigenvalue weighted by molar-refractivity contribution is 7.98. The van der Waals surface area contributed by atoms with Crippen LogP contribution in [0.15, 0.2) is 34.9 Å². The quantitative estimate of drug-likeness (QED) is 0.788. The van der Waals surface area contributed by atoms with Crippen LogP contribution in [0.2, 0.25) is 0 Å². The van der Waals surface area contributed by atoms with E-state index in [1.807, 2.05) is 42.1 Å². The smallest absolute Gasteiger partial charge is 0.243 e. The molecule has 0 unspecified atom stereocenters. The van der Waals surface area contributed by atoms with E-state index < -0.39 is 0 Å². The van der Waals surface area contributed by atoms with Crippen LogP contribution < -0.4 is 5.73 Å². The van der Waals surface area contributed by atoms with Crippen LogP contribution in [0, 0.1) is 0 Å². The lowest BCUT2D eigenvalue weighted by atomic mass is 10.1. The second kappa shape index (κ2) is 7.31. The van der Waals surface area contributed by atoms with Gasteiger partial charge in [-0.2, -0.15) is 16.7 Å². The third-order valence-electron chi connectivity index (χ3n) is 2.68. The number of hydrogen-bond donors (Lipinski definition) is 1. The third-order valence-corrected chi connectivity index (χ3v) is 3.84. The Morgan fingerprint density at radius 2 is 2.11 bits per heavy atom. The second-order valence-corrected chi connectivity index (χ2v) is 5.50. The fraction of sp³-hybridized carbons (Fsp3) is 0.429. The molecule has 0 bridgehead atoms. The first-order chi connectivity index (χ1) is 9.29. The molecule has 0 amide bonds. The van der Waals surface area contributed by atoms with E-state index in [9.17, 15) is 0 Å². The SMILES string of the molecule is CCCSCc1noc([C@H](N)Cc2ccccc2)n1. The Hall–Kier alpha value is -1.33. The predicted molar refractivity (Wildman–Crippen MR) is 77.8 cm³/mol. The van der Waals surface area contributed by atoms with Crippen LogP contribution in [0.3, 0.4) is 0 Å². The first kappa shape index (κ1) is 14.1. The summed E-state index contributed by atoms with van der Waals surface area (Å²) < 4.78 is 5.23. The van der Waals surface area contributed by atoms with Crippen molar-refractivity contribution in [2.24, 2.45) is 5.73 Å². The first-order valence-corrected chi connectivity index (χ1v) is 7.64. The van der Waals surface area contributed by atoms with E-state index in [1.54, 1.807) is 0 Å². The number of aromatic nitrogens is 2. The van der Waals surface area contributed by atoms with Crippen LogP contribution in [0.5, 0.6) is 0 Å². The molecule has 0 fully saturated rings. The maximum atomic E-state index is 6.09. The van der Waals surface area contributed by atoms with Gasteiger partial charge in [0.05, 0.1) is 11.8 Å². The number of hydrogen-bond acceptors (Lipinski definition) is 5. The fourth-order valence-electron chi connectivity index (χ4n) is 1.74. The maximum absolute atomic E-state index is 6.09. The van der Waals surface area contributed by atoms with Gasteiger partial charge in [-0.15, -0.1) is 0 Å². The van der Waals surface area contributed by atoms with Gasteiger partial charge in [-0.3, -0.25) is 0 Å². The van der Waals surface area contributed by atoms with Crippen LogP contribution >= 0.6 is 11.8 Å². The van der Waals surface area contributed by atoms with Crippen molar-refractivity contribution in [1.29, 1.82) is 0 Å².